The second-order valence-corrected chi connectivity index (χ2v) is 44.1. The van der Waals surface area contributed by atoms with Crippen LogP contribution in [0.15, 0.2) is 215 Å². The Hall–Kier alpha value is -4.66. The first kappa shape index (κ1) is 155. The van der Waals surface area contributed by atoms with Gasteiger partial charge < -0.3 is 35.4 Å². The number of alkyl halides is 1. The fraction of sp³-hybridized carbons (Fsp3) is 0.420. The highest BCUT2D eigenvalue weighted by molar-refractivity contribution is 14.1. The molecule has 0 aliphatic carbocycles. The van der Waals surface area contributed by atoms with Crippen molar-refractivity contribution in [3.05, 3.63) is 331 Å². The minimum absolute atomic E-state index is 0. The van der Waals surface area contributed by atoms with Gasteiger partial charge in [0.2, 0.25) is 0 Å². The van der Waals surface area contributed by atoms with Gasteiger partial charge in [-0.05, 0) is 332 Å². The van der Waals surface area contributed by atoms with Gasteiger partial charge in [0.1, 0.15) is 58.9 Å². The van der Waals surface area contributed by atoms with Crippen LogP contribution in [-0.2, 0) is 0 Å². The van der Waals surface area contributed by atoms with Gasteiger partial charge in [-0.1, -0.05) is 455 Å². The smallest absolute Gasteiger partial charge is 0.174 e. The van der Waals surface area contributed by atoms with Crippen LogP contribution in [0.4, 0.5) is 0 Å². The lowest BCUT2D eigenvalue weighted by Crippen LogP contribution is -2.00. The van der Waals surface area contributed by atoms with Crippen LogP contribution in [0.25, 0.3) is 0 Å². The van der Waals surface area contributed by atoms with E-state index in [4.69, 9.17) is 20.2 Å². The lowest BCUT2D eigenvalue weighted by molar-refractivity contribution is 0.111. The van der Waals surface area contributed by atoms with Gasteiger partial charge in [0.25, 0.3) is 0 Å². The average molecular weight is 2840 g/mol. The molecular formula is C119H170Br12INO9. The molecular weight excluding hydrogens is 2670 g/mol. The highest BCUT2D eigenvalue weighted by Crippen LogP contribution is 2.38. The lowest BCUT2D eigenvalue weighted by atomic mass is 9.96. The Bertz CT molecular complexity index is 5230. The molecule has 0 radical (unpaired) electrons. The Morgan fingerprint density at radius 1 is 0.275 bits per heavy atom. The van der Waals surface area contributed by atoms with Crippen molar-refractivity contribution in [2.24, 2.45) is 0 Å². The topological polar surface area (TPSA) is 189 Å². The molecule has 0 saturated heterocycles. The van der Waals surface area contributed by atoms with Crippen LogP contribution in [0.3, 0.4) is 0 Å². The number of aldehydes is 2. The summed E-state index contributed by atoms with van der Waals surface area (Å²) in [6.07, 6.45) is 1.81. The number of hydrogen-bond donors (Lipinski definition) is 6. The molecule has 0 aliphatic rings. The minimum atomic E-state index is 0. The summed E-state index contributed by atoms with van der Waals surface area (Å²) in [6.45, 7) is 63.0. The summed E-state index contributed by atoms with van der Waals surface area (Å²) in [4.78, 5) is 23.4. The van der Waals surface area contributed by atoms with Gasteiger partial charge >= 0.3 is 0 Å². The fourth-order valence-electron chi connectivity index (χ4n) is 12.3. The predicted molar refractivity (Wildman–Crippen MR) is 678 cm³/mol. The first-order valence-electron chi connectivity index (χ1n) is 44.4. The molecule has 0 saturated carbocycles. The van der Waals surface area contributed by atoms with E-state index in [0.29, 0.717) is 99.6 Å². The number of halogens is 13. The van der Waals surface area contributed by atoms with Crippen molar-refractivity contribution < 1.29 is 45.0 Å². The number of carbonyl (C=O) groups excluding carboxylic acids is 2. The van der Waals surface area contributed by atoms with E-state index < -0.39 is 0 Å². The van der Waals surface area contributed by atoms with Gasteiger partial charge in [-0.2, -0.15) is 5.26 Å². The second kappa shape index (κ2) is 81.2. The normalized spacial score (nSPS) is 9.82. The zero-order chi connectivity index (χ0) is 105. The number of ether oxygens (including phenoxy) is 1. The Balaban J connectivity index is -0.000000194. The van der Waals surface area contributed by atoms with Crippen molar-refractivity contribution in [1.82, 2.24) is 0 Å². The zero-order valence-corrected chi connectivity index (χ0v) is 105. The second-order valence-electron chi connectivity index (χ2n) is 35.5. The highest BCUT2D eigenvalue weighted by Gasteiger charge is 2.16. The molecule has 0 atom stereocenters. The summed E-state index contributed by atoms with van der Waals surface area (Å²) in [6, 6.07) is 56.6. The van der Waals surface area contributed by atoms with E-state index in [9.17, 15) is 30.0 Å². The maximum absolute atomic E-state index is 10.8. The van der Waals surface area contributed by atoms with Crippen molar-refractivity contribution in [2.45, 2.75) is 325 Å². The summed E-state index contributed by atoms with van der Waals surface area (Å²) < 4.78 is 15.6. The van der Waals surface area contributed by atoms with Crippen LogP contribution in [-0.4, -0.2) is 54.7 Å². The van der Waals surface area contributed by atoms with Crippen molar-refractivity contribution in [2.75, 3.05) is 11.5 Å². The number of nitriles is 1. The molecule has 11 aromatic carbocycles. The van der Waals surface area contributed by atoms with Crippen molar-refractivity contribution in [3.8, 4) is 46.3 Å². The lowest BCUT2D eigenvalue weighted by Gasteiger charge is -2.14. The Morgan fingerprint density at radius 2 is 0.577 bits per heavy atom. The van der Waals surface area contributed by atoms with E-state index in [2.05, 4.69) is 431 Å². The number of phenols is 6. The van der Waals surface area contributed by atoms with Gasteiger partial charge in [0.05, 0.1) is 4.47 Å². The third-order valence-electron chi connectivity index (χ3n) is 20.6. The average Bonchev–Trinajstić information content (AvgIpc) is 0.838. The number of benzene rings is 11. The number of carbonyl (C=O) groups is 2. The van der Waals surface area contributed by atoms with Gasteiger partial charge in [0, 0.05) is 79.6 Å². The first-order valence-corrected chi connectivity index (χ1v) is 58.3. The molecule has 0 heterocycles. The van der Waals surface area contributed by atoms with Crippen molar-refractivity contribution >= 4 is 223 Å². The van der Waals surface area contributed by atoms with Crippen LogP contribution in [0.2, 0.25) is 0 Å². The summed E-state index contributed by atoms with van der Waals surface area (Å²) in [5.74, 6) is 8.03. The fourth-order valence-corrected chi connectivity index (χ4v) is 17.2. The molecule has 0 spiro atoms. The first-order chi connectivity index (χ1) is 62.9. The molecule has 6 N–H and O–H groups in total. The number of rotatable bonds is 15. The molecule has 23 heteroatoms. The van der Waals surface area contributed by atoms with Crippen LogP contribution in [0, 0.1) is 66.7 Å². The molecule has 0 bridgehead atoms. The monoisotopic (exact) mass is 2830 g/mol. The van der Waals surface area contributed by atoms with Crippen molar-refractivity contribution in [1.29, 1.82) is 5.26 Å². The zero-order valence-electron chi connectivity index (χ0n) is 84.1. The van der Waals surface area contributed by atoms with E-state index >= 15 is 0 Å². The Kier molecular flexibility index (Phi) is 88.7. The van der Waals surface area contributed by atoms with Gasteiger partial charge in [-0.25, -0.2) is 0 Å². The molecule has 0 unspecified atom stereocenters. The maximum Gasteiger partial charge on any atom is 0.174 e. The van der Waals surface area contributed by atoms with Gasteiger partial charge in [0.15, 0.2) is 6.61 Å². The summed E-state index contributed by atoms with van der Waals surface area (Å²) in [7, 11) is 0. The molecule has 142 heavy (non-hydrogen) atoms. The summed E-state index contributed by atoms with van der Waals surface area (Å²) >= 11 is 41.8. The van der Waals surface area contributed by atoms with Crippen molar-refractivity contribution in [3.63, 3.8) is 0 Å². The van der Waals surface area contributed by atoms with Crippen LogP contribution in [0.1, 0.15) is 396 Å². The summed E-state index contributed by atoms with van der Waals surface area (Å²) in [5, 5.41) is 64.5. The largest absolute Gasteiger partial charge is 0.508 e. The molecule has 11 aromatic rings. The van der Waals surface area contributed by atoms with Crippen LogP contribution >= 0.6 is 210 Å². The van der Waals surface area contributed by atoms with Gasteiger partial charge in [-0.3, -0.25) is 9.59 Å². The standard InChI is InChI=1S/C12H14BrNO.2C11H13BrO.3C10H13BrO.2C10H13Br.2C9H11BrO.C9H12O.CH3I.7CH4.Br2/c1-8(2)10-6-9(3)11(13)7-12(10)15-5-4-14;1-7(2)10-4-8(3)11(12)5-9(10)6-13;1-7(2)10-4-8(3)9(6-13)5-11(10)12;1-6(2)8-4-7(3)10(12)5-9(8)11;2*1-6(2)8-4-7(3)9(11)5-10(8)12;1-7(2)9-4-5-10(11)8(3)6-9;1-7(2)9-6-8(3)4-5-10(9)11;1-6(2)8-5-7(11)3-4-9(8)10;1-6(2)7-3-4-8(10)9(11)5-7;1-7(2)8-4-3-5-9(10)6-8;1-2;;;;;;;;1-2/h6-8H,5H2,1-3H3;2*4-7H,1-3H3;3*4-6,12H,1-3H3;2*4-7H,1-3H3;2*3-6,11H,1-2H3;3-7,10H,1-2H3;1H3;7*1H4;. The molecule has 0 aliphatic heterocycles. The van der Waals surface area contributed by atoms with E-state index in [-0.39, 0.29) is 58.6 Å². The third kappa shape index (κ3) is 57.9. The quantitative estimate of drug-likeness (QED) is 0.0327. The molecule has 10 nitrogen and oxygen atoms in total. The predicted octanol–water partition coefficient (Wildman–Crippen LogP) is 46.0. The van der Waals surface area contributed by atoms with E-state index in [1.807, 2.05) is 119 Å². The summed E-state index contributed by atoms with van der Waals surface area (Å²) in [5.41, 5.74) is 23.9. The molecule has 796 valence electrons. The third-order valence-corrected chi connectivity index (χ3v) is 28.4. The number of phenolic OH excluding ortho intramolecular Hbond substituents is 6. The SMILES string of the molecule is BrBr.C.C.C.C.C.C.C.CC(C)c1cc(O)ccc1Br.CC(C)c1ccc(Br)c(O)c1.CC(C)c1cccc(O)c1.CI.Cc1cc(C(C)C)c(Br)cc1C=O.Cc1cc(C(C)C)c(Br)cc1O.Cc1cc(C(C)C)c(C=O)cc1Br.Cc1cc(C(C)C)c(O)cc1Br.Cc1cc(C(C)C)c(O)cc1Br.Cc1cc(C(C)C)c(OCC#N)cc1Br.Cc1cc(C(C)C)ccc1Br.Cc1ccc(Br)c(C(C)C)c1. The highest BCUT2D eigenvalue weighted by atomic mass is 127. The van der Waals surface area contributed by atoms with E-state index in [0.717, 1.165) is 121 Å². The van der Waals surface area contributed by atoms with Crippen LogP contribution < -0.4 is 4.74 Å². The molecule has 11 rings (SSSR count). The number of nitrogens with zero attached hydrogens (tertiary/aromatic N) is 1. The Morgan fingerprint density at radius 3 is 0.937 bits per heavy atom. The number of hydrogen-bond acceptors (Lipinski definition) is 10. The minimum Gasteiger partial charge on any atom is -0.508 e. The Labute approximate surface area is 975 Å². The number of aryl methyl sites for hydroxylation is 8. The van der Waals surface area contributed by atoms with Crippen LogP contribution in [0.5, 0.6) is 40.2 Å². The molecule has 0 amide bonds. The molecule has 0 fully saturated rings. The maximum atomic E-state index is 10.8. The number of aromatic hydroxyl groups is 6. The van der Waals surface area contributed by atoms with E-state index in [1.165, 1.54) is 59.0 Å². The molecule has 0 aromatic heterocycles. The van der Waals surface area contributed by atoms with E-state index in [1.54, 1.807) is 48.5 Å². The van der Waals surface area contributed by atoms with Gasteiger partial charge in [-0.15, -0.1) is 0 Å².